The number of likely N-dealkylation sites (N-methyl/N-ethyl adjacent to an activating group) is 1. The van der Waals surface area contributed by atoms with E-state index in [-0.39, 0.29) is 19.1 Å². The maximum Gasteiger partial charge on any atom is 0.268 e. The molecule has 0 aliphatic carbocycles. The Morgan fingerprint density at radius 1 is 0.486 bits per heavy atom. The largest absolute Gasteiger partial charge is 0.756 e. The van der Waals surface area contributed by atoms with Crippen LogP contribution in [0, 0.1) is 0 Å². The summed E-state index contributed by atoms with van der Waals surface area (Å²) < 4.78 is 23.5. The first-order valence-electron chi connectivity index (χ1n) is 30.9. The van der Waals surface area contributed by atoms with E-state index in [1.165, 1.54) is 154 Å². The number of nitrogens with one attached hydrogen (secondary N) is 1. The summed E-state index contributed by atoms with van der Waals surface area (Å²) in [6, 6.07) is -0.810. The van der Waals surface area contributed by atoms with E-state index in [1.807, 2.05) is 21.1 Å². The van der Waals surface area contributed by atoms with E-state index < -0.39 is 20.0 Å². The molecule has 0 radical (unpaired) electrons. The van der Waals surface area contributed by atoms with Crippen LogP contribution in [0.3, 0.4) is 0 Å². The molecule has 0 spiro atoms. The zero-order valence-corrected chi connectivity index (χ0v) is 49.9. The molecular formula is C65H119N2O6P. The number of carbonyl (C=O) groups is 1. The lowest BCUT2D eigenvalue weighted by atomic mass is 10.0. The molecule has 9 heteroatoms. The number of aliphatic hydroxyl groups excluding tert-OH is 1. The van der Waals surface area contributed by atoms with E-state index in [0.29, 0.717) is 23.9 Å². The number of rotatable bonds is 56. The average Bonchev–Trinajstić information content (AvgIpc) is 3.36. The van der Waals surface area contributed by atoms with Gasteiger partial charge in [-0.05, 0) is 70.6 Å². The number of hydrogen-bond acceptors (Lipinski definition) is 6. The molecular weight excluding hydrogens is 936 g/mol. The fourth-order valence-corrected chi connectivity index (χ4v) is 9.57. The predicted octanol–water partition coefficient (Wildman–Crippen LogP) is 18.6. The van der Waals surface area contributed by atoms with Crippen LogP contribution in [0.5, 0.6) is 0 Å². The fraction of sp³-hybridized carbons (Fsp3) is 0.769. The summed E-state index contributed by atoms with van der Waals surface area (Å²) >= 11 is 0. The Morgan fingerprint density at radius 3 is 1.20 bits per heavy atom. The second-order valence-electron chi connectivity index (χ2n) is 22.0. The molecule has 430 valence electrons. The van der Waals surface area contributed by atoms with Gasteiger partial charge in [0.2, 0.25) is 5.91 Å². The van der Waals surface area contributed by atoms with E-state index in [1.54, 1.807) is 0 Å². The van der Waals surface area contributed by atoms with Crippen molar-refractivity contribution in [2.75, 3.05) is 40.9 Å². The number of quaternary nitrogens is 1. The molecule has 0 saturated heterocycles. The third-order valence-corrected chi connectivity index (χ3v) is 14.6. The number of nitrogens with zero attached hydrogens (tertiary/aromatic N) is 1. The van der Waals surface area contributed by atoms with E-state index in [0.717, 1.165) is 89.9 Å². The molecule has 2 N–H and O–H groups in total. The summed E-state index contributed by atoms with van der Waals surface area (Å²) in [7, 11) is 1.30. The van der Waals surface area contributed by atoms with Crippen LogP contribution >= 0.6 is 7.82 Å². The molecule has 8 nitrogen and oxygen atoms in total. The third kappa shape index (κ3) is 57.4. The van der Waals surface area contributed by atoms with E-state index in [4.69, 9.17) is 9.05 Å². The molecule has 0 fully saturated rings. The first-order chi connectivity index (χ1) is 36.0. The maximum atomic E-state index is 13.0. The minimum atomic E-state index is -4.58. The highest BCUT2D eigenvalue weighted by atomic mass is 31.2. The second kappa shape index (κ2) is 55.4. The van der Waals surface area contributed by atoms with Crippen molar-refractivity contribution >= 4 is 13.7 Å². The standard InChI is InChI=1S/C65H119N2O6P/c1-6-8-10-12-14-16-18-20-22-24-26-28-29-30-31-32-33-34-35-36-37-39-41-43-45-47-49-51-53-55-57-59-65(69)66-63(62-73-74(70,71)72-61-60-67(3,4)5)64(68)58-56-54-52-50-48-46-44-42-40-38-27-25-23-21-19-17-15-13-11-9-7-2/h8,10,14,16,20,22,26,28,30-31,33-34,36-37,63-64,68H,6-7,9,11-13,15,17-19,21,23-25,27,29,32,35,38-62H2,1-5H3,(H-,66,69,70,71)/b10-8-,16-14-,22-20-,28-26-,31-30-,34-33-,37-36-. The highest BCUT2D eigenvalue weighted by molar-refractivity contribution is 7.45. The maximum absolute atomic E-state index is 13.0. The van der Waals surface area contributed by atoms with Crippen LogP contribution in [0.2, 0.25) is 0 Å². The number of amides is 1. The zero-order valence-electron chi connectivity index (χ0n) is 49.0. The van der Waals surface area contributed by atoms with Gasteiger partial charge < -0.3 is 28.8 Å². The lowest BCUT2D eigenvalue weighted by molar-refractivity contribution is -0.870. The Morgan fingerprint density at radius 2 is 0.824 bits per heavy atom. The Hall–Kier alpha value is -2.32. The zero-order chi connectivity index (χ0) is 54.2. The van der Waals surface area contributed by atoms with Gasteiger partial charge >= 0.3 is 0 Å². The van der Waals surface area contributed by atoms with Gasteiger partial charge in [-0.25, -0.2) is 0 Å². The van der Waals surface area contributed by atoms with Gasteiger partial charge in [-0.3, -0.25) is 9.36 Å². The molecule has 3 unspecified atom stereocenters. The van der Waals surface area contributed by atoms with Crippen LogP contribution in [0.1, 0.15) is 271 Å². The van der Waals surface area contributed by atoms with Crippen molar-refractivity contribution in [2.45, 2.75) is 283 Å². The summed E-state index contributed by atoms with van der Waals surface area (Å²) in [6.45, 7) is 4.62. The molecule has 0 aromatic heterocycles. The van der Waals surface area contributed by atoms with Gasteiger partial charge in [0.25, 0.3) is 7.82 Å². The normalized spacial score (nSPS) is 14.4. The summed E-state index contributed by atoms with van der Waals surface area (Å²) in [5, 5.41) is 14.1. The summed E-state index contributed by atoms with van der Waals surface area (Å²) in [5.41, 5.74) is 0. The highest BCUT2D eigenvalue weighted by Gasteiger charge is 2.24. The van der Waals surface area contributed by atoms with Crippen LogP contribution in [0.15, 0.2) is 85.1 Å². The van der Waals surface area contributed by atoms with Crippen LogP contribution in [0.25, 0.3) is 0 Å². The van der Waals surface area contributed by atoms with Crippen molar-refractivity contribution in [3.63, 3.8) is 0 Å². The van der Waals surface area contributed by atoms with E-state index in [2.05, 4.69) is 104 Å². The molecule has 74 heavy (non-hydrogen) atoms. The van der Waals surface area contributed by atoms with Crippen molar-refractivity contribution in [2.24, 2.45) is 0 Å². The van der Waals surface area contributed by atoms with Crippen LogP contribution in [-0.2, 0) is 18.4 Å². The van der Waals surface area contributed by atoms with Gasteiger partial charge in [-0.15, -0.1) is 0 Å². The number of allylic oxidation sites excluding steroid dienone is 14. The third-order valence-electron chi connectivity index (χ3n) is 13.6. The summed E-state index contributed by atoms with van der Waals surface area (Å²) in [4.78, 5) is 25.6. The van der Waals surface area contributed by atoms with Crippen molar-refractivity contribution in [3.8, 4) is 0 Å². The number of aliphatic hydroxyl groups is 1. The Balaban J connectivity index is 4.16. The topological polar surface area (TPSA) is 108 Å². The number of unbranched alkanes of at least 4 members (excludes halogenated alkanes) is 29. The van der Waals surface area contributed by atoms with Gasteiger partial charge in [0.05, 0.1) is 39.9 Å². The van der Waals surface area contributed by atoms with Gasteiger partial charge in [0.1, 0.15) is 13.2 Å². The molecule has 0 aromatic rings. The fourth-order valence-electron chi connectivity index (χ4n) is 8.85. The molecule has 0 rings (SSSR count). The van der Waals surface area contributed by atoms with Crippen molar-refractivity contribution < 1.29 is 32.9 Å². The number of hydrogen-bond donors (Lipinski definition) is 2. The minimum Gasteiger partial charge on any atom is -0.756 e. The van der Waals surface area contributed by atoms with Gasteiger partial charge in [0, 0.05) is 6.42 Å². The van der Waals surface area contributed by atoms with Crippen molar-refractivity contribution in [1.82, 2.24) is 5.32 Å². The average molecular weight is 1060 g/mol. The monoisotopic (exact) mass is 1050 g/mol. The molecule has 3 atom stereocenters. The number of carbonyl (C=O) groups excluding carboxylic acids is 1. The molecule has 0 aliphatic heterocycles. The lowest BCUT2D eigenvalue weighted by Gasteiger charge is -2.30. The predicted molar refractivity (Wildman–Crippen MR) is 320 cm³/mol. The first-order valence-corrected chi connectivity index (χ1v) is 32.4. The van der Waals surface area contributed by atoms with Crippen molar-refractivity contribution in [3.05, 3.63) is 85.1 Å². The molecule has 0 heterocycles. The second-order valence-corrected chi connectivity index (χ2v) is 23.4. The van der Waals surface area contributed by atoms with Crippen LogP contribution in [0.4, 0.5) is 0 Å². The van der Waals surface area contributed by atoms with Gasteiger partial charge in [-0.1, -0.05) is 279 Å². The Kier molecular flexibility index (Phi) is 53.7. The Labute approximate surface area is 458 Å². The van der Waals surface area contributed by atoms with E-state index >= 15 is 0 Å². The lowest BCUT2D eigenvalue weighted by Crippen LogP contribution is -2.46. The minimum absolute atomic E-state index is 0.00767. The Bertz CT molecular complexity index is 1480. The van der Waals surface area contributed by atoms with Crippen molar-refractivity contribution in [1.29, 1.82) is 0 Å². The van der Waals surface area contributed by atoms with Gasteiger partial charge in [-0.2, -0.15) is 0 Å². The smallest absolute Gasteiger partial charge is 0.268 e. The first kappa shape index (κ1) is 71.7. The van der Waals surface area contributed by atoms with E-state index in [9.17, 15) is 19.4 Å². The quantitative estimate of drug-likeness (QED) is 0.0272. The number of phosphoric acid groups is 1. The molecule has 0 aliphatic rings. The molecule has 1 amide bonds. The number of phosphoric ester groups is 1. The SMILES string of the molecule is CC/C=C\C/C=C\C/C=C\C/C=C\C/C=C\C/C=C\C/C=C\CCCCCCCCCCCC(=O)NC(COP(=O)([O-])OCC[N+](C)(C)C)C(O)CCCCCCCCCCCCCCCCCCCCCCC. The molecule has 0 saturated carbocycles. The highest BCUT2D eigenvalue weighted by Crippen LogP contribution is 2.38. The summed E-state index contributed by atoms with van der Waals surface area (Å²) in [6.07, 6.45) is 77.6. The van der Waals surface area contributed by atoms with Crippen LogP contribution < -0.4 is 10.2 Å². The van der Waals surface area contributed by atoms with Crippen LogP contribution in [-0.4, -0.2) is 68.5 Å². The molecule has 0 aromatic carbocycles. The van der Waals surface area contributed by atoms with Gasteiger partial charge in [0.15, 0.2) is 0 Å². The molecule has 0 bridgehead atoms. The summed E-state index contributed by atoms with van der Waals surface area (Å²) in [5.74, 6) is -0.172.